The smallest absolute Gasteiger partial charge is 0.419 e. The summed E-state index contributed by atoms with van der Waals surface area (Å²) >= 11 is 0. The van der Waals surface area contributed by atoms with Crippen LogP contribution in [0.4, 0.5) is 17.6 Å². The predicted octanol–water partition coefficient (Wildman–Crippen LogP) is 2.03. The first-order chi connectivity index (χ1) is 14.2. The Labute approximate surface area is 175 Å². The van der Waals surface area contributed by atoms with Crippen molar-refractivity contribution >= 4 is 25.6 Å². The number of rotatable bonds is 2. The quantitative estimate of drug-likeness (QED) is 0.507. The highest BCUT2D eigenvalue weighted by molar-refractivity contribution is 7.98. The lowest BCUT2D eigenvalue weighted by atomic mass is 9.85. The van der Waals surface area contributed by atoms with Gasteiger partial charge in [0.25, 0.3) is 0 Å². The molecule has 1 atom stereocenters. The molecule has 0 bridgehead atoms. The monoisotopic (exact) mass is 483 g/mol. The molecule has 1 aromatic rings. The highest BCUT2D eigenvalue weighted by Crippen LogP contribution is 2.45. The van der Waals surface area contributed by atoms with Gasteiger partial charge < -0.3 is 10.1 Å². The number of dihydropyridines is 1. The third kappa shape index (κ3) is 4.20. The zero-order valence-electron chi connectivity index (χ0n) is 16.2. The van der Waals surface area contributed by atoms with Gasteiger partial charge in [0.15, 0.2) is 19.7 Å². The number of hydrogen-bond acceptors (Lipinski definition) is 7. The molecule has 0 fully saturated rings. The largest absolute Gasteiger partial charge is 0.466 e. The minimum atomic E-state index is -5.08. The standard InChI is InChI=1S/C18H17F4NO6S2/c1-9-13(17(24)29-2)14(10-4-3-5-11(15(10)19)18(20,21)22)16-12(23-9)8-30(25,26)6-7-31(16,27)28/h3-5,14,23H,6-8H2,1-2H3. The first-order valence-corrected chi connectivity index (χ1v) is 12.2. The predicted molar refractivity (Wildman–Crippen MR) is 101 cm³/mol. The number of ether oxygens (including phenoxy) is 1. The van der Waals surface area contributed by atoms with E-state index in [0.717, 1.165) is 19.2 Å². The Balaban J connectivity index is 2.40. The Kier molecular flexibility index (Phi) is 5.72. The van der Waals surface area contributed by atoms with Crippen LogP contribution in [0, 0.1) is 5.82 Å². The number of carbonyl (C=O) groups is 1. The molecule has 0 saturated carbocycles. The van der Waals surface area contributed by atoms with E-state index in [2.05, 4.69) is 10.1 Å². The van der Waals surface area contributed by atoms with Gasteiger partial charge in [0.1, 0.15) is 5.82 Å². The molecule has 2 heterocycles. The van der Waals surface area contributed by atoms with Crippen molar-refractivity contribution in [1.82, 2.24) is 5.32 Å². The zero-order chi connectivity index (χ0) is 23.4. The number of esters is 1. The first kappa shape index (κ1) is 23.3. The number of alkyl halides is 3. The van der Waals surface area contributed by atoms with E-state index < -0.39 is 82.4 Å². The molecule has 31 heavy (non-hydrogen) atoms. The molecule has 170 valence electrons. The maximum Gasteiger partial charge on any atom is 0.419 e. The van der Waals surface area contributed by atoms with Crippen molar-refractivity contribution < 1.29 is 43.9 Å². The molecule has 0 spiro atoms. The summed E-state index contributed by atoms with van der Waals surface area (Å²) in [6.45, 7) is 1.29. The van der Waals surface area contributed by atoms with E-state index in [0.29, 0.717) is 6.07 Å². The second-order valence-corrected chi connectivity index (χ2v) is 11.3. The van der Waals surface area contributed by atoms with Crippen LogP contribution in [0.1, 0.15) is 24.0 Å². The molecule has 1 aromatic carbocycles. The van der Waals surface area contributed by atoms with Gasteiger partial charge in [-0.15, -0.1) is 0 Å². The van der Waals surface area contributed by atoms with Gasteiger partial charge in [0, 0.05) is 17.0 Å². The summed E-state index contributed by atoms with van der Waals surface area (Å²) in [5.74, 6) is -7.02. The summed E-state index contributed by atoms with van der Waals surface area (Å²) in [7, 11) is -7.32. The maximum absolute atomic E-state index is 15.0. The van der Waals surface area contributed by atoms with Gasteiger partial charge in [-0.3, -0.25) is 0 Å². The fourth-order valence-corrected chi connectivity index (χ4v) is 7.78. The van der Waals surface area contributed by atoms with Crippen molar-refractivity contribution in [3.05, 3.63) is 57.0 Å². The number of carbonyl (C=O) groups excluding carboxylic acids is 1. The number of benzene rings is 1. The van der Waals surface area contributed by atoms with E-state index in [-0.39, 0.29) is 11.4 Å². The first-order valence-electron chi connectivity index (χ1n) is 8.77. The van der Waals surface area contributed by atoms with Crippen LogP contribution in [0.25, 0.3) is 0 Å². The highest BCUT2D eigenvalue weighted by Gasteiger charge is 2.46. The zero-order valence-corrected chi connectivity index (χ0v) is 17.8. The molecular formula is C18H17F4NO6S2. The number of halogens is 4. The van der Waals surface area contributed by atoms with E-state index in [4.69, 9.17) is 0 Å². The molecule has 1 N–H and O–H groups in total. The van der Waals surface area contributed by atoms with Crippen molar-refractivity contribution in [2.45, 2.75) is 19.0 Å². The molecular weight excluding hydrogens is 466 g/mol. The molecule has 3 rings (SSSR count). The van der Waals surface area contributed by atoms with Gasteiger partial charge in [0.05, 0.1) is 46.3 Å². The minimum absolute atomic E-state index is 0.0558. The summed E-state index contributed by atoms with van der Waals surface area (Å²) in [5.41, 5.74) is -3.19. The normalized spacial score (nSPS) is 23.0. The summed E-state index contributed by atoms with van der Waals surface area (Å²) in [4.78, 5) is 11.8. The van der Waals surface area contributed by atoms with Gasteiger partial charge in [-0.2, -0.15) is 13.2 Å². The Morgan fingerprint density at radius 1 is 1.16 bits per heavy atom. The maximum atomic E-state index is 15.0. The molecule has 0 aromatic heterocycles. The molecule has 1 unspecified atom stereocenters. The Morgan fingerprint density at radius 3 is 2.39 bits per heavy atom. The second kappa shape index (κ2) is 7.62. The van der Waals surface area contributed by atoms with Gasteiger partial charge >= 0.3 is 12.1 Å². The molecule has 0 aliphatic carbocycles. The lowest BCUT2D eigenvalue weighted by molar-refractivity contribution is -0.140. The van der Waals surface area contributed by atoms with Crippen LogP contribution in [0.5, 0.6) is 0 Å². The van der Waals surface area contributed by atoms with E-state index >= 15 is 4.39 Å². The fourth-order valence-electron chi connectivity index (χ4n) is 3.66. The minimum Gasteiger partial charge on any atom is -0.466 e. The summed E-state index contributed by atoms with van der Waals surface area (Å²) in [6.07, 6.45) is -5.08. The van der Waals surface area contributed by atoms with Crippen LogP contribution >= 0.6 is 0 Å². The fraction of sp³-hybridized carbons (Fsp3) is 0.389. The lowest BCUT2D eigenvalue weighted by Gasteiger charge is -2.31. The van der Waals surface area contributed by atoms with Gasteiger partial charge in [-0.25, -0.2) is 26.0 Å². The highest BCUT2D eigenvalue weighted by atomic mass is 32.2. The Bertz CT molecular complexity index is 1230. The number of sulfone groups is 2. The van der Waals surface area contributed by atoms with Crippen LogP contribution in [-0.4, -0.2) is 47.2 Å². The number of allylic oxidation sites excluding steroid dienone is 2. The number of methoxy groups -OCH3 is 1. The van der Waals surface area contributed by atoms with E-state index in [1.807, 2.05) is 0 Å². The van der Waals surface area contributed by atoms with Gasteiger partial charge in [-0.1, -0.05) is 12.1 Å². The average molecular weight is 483 g/mol. The molecule has 2 aliphatic heterocycles. The van der Waals surface area contributed by atoms with Crippen molar-refractivity contribution in [3.8, 4) is 0 Å². The molecule has 0 radical (unpaired) electrons. The van der Waals surface area contributed by atoms with Gasteiger partial charge in [-0.05, 0) is 13.0 Å². The van der Waals surface area contributed by atoms with Crippen molar-refractivity contribution in [2.75, 3.05) is 24.4 Å². The van der Waals surface area contributed by atoms with Crippen LogP contribution in [0.3, 0.4) is 0 Å². The summed E-state index contributed by atoms with van der Waals surface area (Å²) in [5, 5.41) is 2.55. The molecule has 7 nitrogen and oxygen atoms in total. The van der Waals surface area contributed by atoms with E-state index in [1.165, 1.54) is 6.92 Å². The molecule has 2 aliphatic rings. The van der Waals surface area contributed by atoms with Crippen LogP contribution < -0.4 is 5.32 Å². The van der Waals surface area contributed by atoms with Crippen LogP contribution in [0.2, 0.25) is 0 Å². The number of nitrogens with one attached hydrogen (secondary N) is 1. The molecule has 13 heteroatoms. The Morgan fingerprint density at radius 2 is 1.81 bits per heavy atom. The topological polar surface area (TPSA) is 107 Å². The van der Waals surface area contributed by atoms with Crippen molar-refractivity contribution in [2.24, 2.45) is 0 Å². The SMILES string of the molecule is COC(=O)C1=C(C)NC2=C(C1c1cccc(C(F)(F)F)c1F)S(=O)(=O)CCS(=O)(=O)C2. The molecule has 0 saturated heterocycles. The van der Waals surface area contributed by atoms with Gasteiger partial charge in [0.2, 0.25) is 0 Å². The second-order valence-electron chi connectivity index (χ2n) is 7.05. The Hall–Kier alpha value is -2.41. The van der Waals surface area contributed by atoms with Crippen LogP contribution in [-0.2, 0) is 35.4 Å². The number of hydrogen-bond donors (Lipinski definition) is 1. The summed E-state index contributed by atoms with van der Waals surface area (Å²) in [6, 6.07) is 2.29. The average Bonchev–Trinajstić information content (AvgIpc) is 2.73. The molecule has 0 amide bonds. The van der Waals surface area contributed by atoms with Crippen molar-refractivity contribution in [3.63, 3.8) is 0 Å². The third-order valence-electron chi connectivity index (χ3n) is 5.00. The van der Waals surface area contributed by atoms with E-state index in [1.54, 1.807) is 0 Å². The van der Waals surface area contributed by atoms with Crippen molar-refractivity contribution in [1.29, 1.82) is 0 Å². The lowest BCUT2D eigenvalue weighted by Crippen LogP contribution is -2.34. The summed E-state index contributed by atoms with van der Waals surface area (Å²) < 4.78 is 110. The van der Waals surface area contributed by atoms with E-state index in [9.17, 15) is 34.8 Å². The third-order valence-corrected chi connectivity index (χ3v) is 8.71. The van der Waals surface area contributed by atoms with Crippen LogP contribution in [0.15, 0.2) is 40.1 Å².